The molecule has 12 nitrogen and oxygen atoms in total. The Labute approximate surface area is 232 Å². The highest BCUT2D eigenvalue weighted by Gasteiger charge is 2.17. The molecule has 0 bridgehead atoms. The van der Waals surface area contributed by atoms with Crippen LogP contribution >= 0.6 is 0 Å². The predicted molar refractivity (Wildman–Crippen MR) is 147 cm³/mol. The van der Waals surface area contributed by atoms with Crippen LogP contribution < -0.4 is 10.6 Å². The normalized spacial score (nSPS) is 11.8. The van der Waals surface area contributed by atoms with Crippen molar-refractivity contribution in [3.63, 3.8) is 0 Å². The number of aryl methyl sites for hydroxylation is 1. The molecule has 1 unspecified atom stereocenters. The highest BCUT2D eigenvalue weighted by Crippen LogP contribution is 2.13. The van der Waals surface area contributed by atoms with Gasteiger partial charge in [-0.15, -0.1) is 5.10 Å². The van der Waals surface area contributed by atoms with E-state index in [9.17, 15) is 14.4 Å². The van der Waals surface area contributed by atoms with Gasteiger partial charge in [-0.25, -0.2) is 9.89 Å². The molecular weight excluding hydrogens is 504 g/mol. The van der Waals surface area contributed by atoms with E-state index in [4.69, 9.17) is 14.6 Å². The lowest BCUT2D eigenvalue weighted by Gasteiger charge is -2.12. The number of carboxylic acids is 1. The van der Waals surface area contributed by atoms with E-state index in [0.717, 1.165) is 31.5 Å². The van der Waals surface area contributed by atoms with Crippen LogP contribution in [0.2, 0.25) is 0 Å². The van der Waals surface area contributed by atoms with Crippen LogP contribution in [-0.2, 0) is 30.3 Å². The van der Waals surface area contributed by atoms with Gasteiger partial charge in [-0.05, 0) is 29.7 Å². The Hall–Kier alpha value is -2.60. The lowest BCUT2D eigenvalue weighted by atomic mass is 10.0. The number of hydrogen-bond donors (Lipinski definition) is 4. The Morgan fingerprint density at radius 3 is 1.97 bits per heavy atom. The number of nitrogens with one attached hydrogen (secondary N) is 3. The smallest absolute Gasteiger partial charge is 0.326 e. The molecule has 39 heavy (non-hydrogen) atoms. The topological polar surface area (TPSA) is 168 Å². The van der Waals surface area contributed by atoms with Crippen molar-refractivity contribution in [1.29, 1.82) is 0 Å². The van der Waals surface area contributed by atoms with Crippen LogP contribution in [0.15, 0.2) is 0 Å². The highest BCUT2D eigenvalue weighted by molar-refractivity contribution is 5.84. The van der Waals surface area contributed by atoms with Gasteiger partial charge >= 0.3 is 5.97 Å². The van der Waals surface area contributed by atoms with Crippen molar-refractivity contribution in [3.05, 3.63) is 5.82 Å². The number of H-pyrrole nitrogens is 1. The fraction of sp³-hybridized carbons (Fsp3) is 0.852. The number of ether oxygens (including phenoxy) is 2. The first kappa shape index (κ1) is 34.4. The monoisotopic (exact) mass is 554 g/mol. The zero-order valence-corrected chi connectivity index (χ0v) is 23.8. The third kappa shape index (κ3) is 21.0. The molecule has 0 radical (unpaired) electrons. The molecule has 0 spiro atoms. The van der Waals surface area contributed by atoms with Crippen molar-refractivity contribution in [2.45, 2.75) is 116 Å². The number of unbranched alkanes of at least 4 members (excludes halogenated alkanes) is 12. The largest absolute Gasteiger partial charge is 0.480 e. The van der Waals surface area contributed by atoms with Crippen LogP contribution in [0.4, 0.5) is 0 Å². The van der Waals surface area contributed by atoms with E-state index in [-0.39, 0.29) is 19.1 Å². The number of aliphatic carboxylic acids is 1. The summed E-state index contributed by atoms with van der Waals surface area (Å²) in [5, 5.41) is 28.0. The summed E-state index contributed by atoms with van der Waals surface area (Å²) in [6.45, 7) is 2.80. The summed E-state index contributed by atoms with van der Waals surface area (Å²) in [5.41, 5.74) is 0. The van der Waals surface area contributed by atoms with Crippen molar-refractivity contribution < 1.29 is 29.0 Å². The first-order valence-electron chi connectivity index (χ1n) is 14.7. The van der Waals surface area contributed by atoms with Crippen LogP contribution in [0.5, 0.6) is 0 Å². The maximum Gasteiger partial charge on any atom is 0.326 e. The molecule has 0 aliphatic heterocycles. The molecule has 0 aliphatic carbocycles. The predicted octanol–water partition coefficient (Wildman–Crippen LogP) is 3.33. The second-order valence-electron chi connectivity index (χ2n) is 9.83. The van der Waals surface area contributed by atoms with E-state index in [2.05, 4.69) is 31.3 Å². The number of aromatic nitrogens is 4. The molecule has 0 aliphatic rings. The third-order valence-electron chi connectivity index (χ3n) is 6.42. The van der Waals surface area contributed by atoms with Gasteiger partial charge in [0, 0.05) is 19.4 Å². The minimum Gasteiger partial charge on any atom is -0.480 e. The standard InChI is InChI=1S/C27H50N6O6/c1-2-23(27(36)37)29-26(35)22-39-21-20-38-19-18-28-25(34)17-15-13-11-9-7-5-3-4-6-8-10-12-14-16-24-30-32-33-31-24/h23H,2-22H2,1H3,(H,28,34)(H,29,35)(H,36,37)(H,30,31,32,33). The second kappa shape index (κ2) is 24.4. The maximum atomic E-state index is 11.9. The Kier molecular flexibility index (Phi) is 21.6. The number of hydrogen-bond acceptors (Lipinski definition) is 8. The van der Waals surface area contributed by atoms with E-state index >= 15 is 0 Å². The summed E-state index contributed by atoms with van der Waals surface area (Å²) in [6.07, 6.45) is 17.8. The zero-order chi connectivity index (χ0) is 28.4. The highest BCUT2D eigenvalue weighted by atomic mass is 16.5. The number of carboxylic acid groups (broad SMARTS) is 1. The Morgan fingerprint density at radius 1 is 0.821 bits per heavy atom. The summed E-state index contributed by atoms with van der Waals surface area (Å²) in [6, 6.07) is -0.900. The van der Waals surface area contributed by atoms with Gasteiger partial charge in [-0.3, -0.25) is 9.59 Å². The molecule has 0 saturated heterocycles. The van der Waals surface area contributed by atoms with Crippen LogP contribution in [0.1, 0.15) is 109 Å². The van der Waals surface area contributed by atoms with E-state index in [0.29, 0.717) is 32.6 Å². The molecule has 2 amide bonds. The first-order chi connectivity index (χ1) is 19.0. The number of nitrogens with zero attached hydrogens (tertiary/aromatic N) is 3. The van der Waals surface area contributed by atoms with Gasteiger partial charge in [0.2, 0.25) is 11.8 Å². The summed E-state index contributed by atoms with van der Waals surface area (Å²) in [5.74, 6) is -0.604. The number of tetrazole rings is 1. The molecule has 0 fully saturated rings. The summed E-state index contributed by atoms with van der Waals surface area (Å²) >= 11 is 0. The molecule has 1 heterocycles. The van der Waals surface area contributed by atoms with Crippen LogP contribution in [-0.4, -0.2) is 82.5 Å². The SMILES string of the molecule is CCC(NC(=O)COCCOCCNC(=O)CCCCCCCCCCCCCCCc1nnn[nH]1)C(=O)O. The number of aromatic amines is 1. The third-order valence-corrected chi connectivity index (χ3v) is 6.42. The Bertz CT molecular complexity index is 749. The van der Waals surface area contributed by atoms with Crippen molar-refractivity contribution >= 4 is 17.8 Å². The van der Waals surface area contributed by atoms with Gasteiger partial charge in [0.25, 0.3) is 0 Å². The molecule has 1 atom stereocenters. The van der Waals surface area contributed by atoms with Crippen molar-refractivity contribution in [1.82, 2.24) is 31.3 Å². The van der Waals surface area contributed by atoms with Gasteiger partial charge in [-0.2, -0.15) is 0 Å². The number of carbonyl (C=O) groups is 3. The molecule has 1 aromatic heterocycles. The van der Waals surface area contributed by atoms with Crippen LogP contribution in [0.3, 0.4) is 0 Å². The summed E-state index contributed by atoms with van der Waals surface area (Å²) in [7, 11) is 0. The summed E-state index contributed by atoms with van der Waals surface area (Å²) in [4.78, 5) is 34.4. The maximum absolute atomic E-state index is 11.9. The van der Waals surface area contributed by atoms with Gasteiger partial charge < -0.3 is 25.2 Å². The molecule has 4 N–H and O–H groups in total. The van der Waals surface area contributed by atoms with Crippen LogP contribution in [0, 0.1) is 0 Å². The number of carbonyl (C=O) groups excluding carboxylic acids is 2. The molecule has 0 saturated carbocycles. The second-order valence-corrected chi connectivity index (χ2v) is 9.83. The molecule has 1 aromatic rings. The minimum atomic E-state index is -1.06. The van der Waals surface area contributed by atoms with E-state index < -0.39 is 17.9 Å². The summed E-state index contributed by atoms with van der Waals surface area (Å²) < 4.78 is 10.5. The van der Waals surface area contributed by atoms with Gasteiger partial charge in [0.15, 0.2) is 0 Å². The fourth-order valence-corrected chi connectivity index (χ4v) is 4.12. The number of rotatable bonds is 27. The van der Waals surface area contributed by atoms with Gasteiger partial charge in [0.1, 0.15) is 18.5 Å². The lowest BCUT2D eigenvalue weighted by Crippen LogP contribution is -2.42. The van der Waals surface area contributed by atoms with Gasteiger partial charge in [0.05, 0.1) is 19.8 Å². The molecule has 0 aromatic carbocycles. The average molecular weight is 555 g/mol. The molecule has 1 rings (SSSR count). The lowest BCUT2D eigenvalue weighted by molar-refractivity contribution is -0.142. The van der Waals surface area contributed by atoms with E-state index in [1.165, 1.54) is 64.2 Å². The van der Waals surface area contributed by atoms with Crippen molar-refractivity contribution in [3.8, 4) is 0 Å². The van der Waals surface area contributed by atoms with Crippen LogP contribution in [0.25, 0.3) is 0 Å². The zero-order valence-electron chi connectivity index (χ0n) is 23.8. The van der Waals surface area contributed by atoms with Crippen molar-refractivity contribution in [2.75, 3.05) is 33.0 Å². The van der Waals surface area contributed by atoms with E-state index in [1.807, 2.05) is 0 Å². The average Bonchev–Trinajstić information content (AvgIpc) is 3.44. The van der Waals surface area contributed by atoms with E-state index in [1.54, 1.807) is 6.92 Å². The molecule has 224 valence electrons. The molecular formula is C27H50N6O6. The quantitative estimate of drug-likeness (QED) is 0.119. The first-order valence-corrected chi connectivity index (χ1v) is 14.7. The Balaban J connectivity index is 1.75. The minimum absolute atomic E-state index is 0.0467. The Morgan fingerprint density at radius 2 is 1.41 bits per heavy atom. The fourth-order valence-electron chi connectivity index (χ4n) is 4.12. The number of amides is 2. The van der Waals surface area contributed by atoms with Gasteiger partial charge in [-0.1, -0.05) is 77.6 Å². The van der Waals surface area contributed by atoms with Crippen molar-refractivity contribution in [2.24, 2.45) is 0 Å². The molecule has 12 heteroatoms.